The summed E-state index contributed by atoms with van der Waals surface area (Å²) in [5.41, 5.74) is -0.672. The summed E-state index contributed by atoms with van der Waals surface area (Å²) < 4.78 is 1.44. The Labute approximate surface area is 81.9 Å². The molecule has 78 valence electrons. The SMILES string of the molecule is Cn1cc(C(=O)NCC(C)(C)O)nn1. The van der Waals surface area contributed by atoms with Gasteiger partial charge in [0.25, 0.3) is 5.91 Å². The van der Waals surface area contributed by atoms with Gasteiger partial charge in [0.1, 0.15) is 0 Å². The average molecular weight is 198 g/mol. The number of aliphatic hydroxyl groups is 1. The van der Waals surface area contributed by atoms with Crippen LogP contribution in [0.1, 0.15) is 24.3 Å². The lowest BCUT2D eigenvalue weighted by atomic mass is 10.1. The van der Waals surface area contributed by atoms with Crippen LogP contribution in [0.3, 0.4) is 0 Å². The third-order valence-electron chi connectivity index (χ3n) is 1.52. The lowest BCUT2D eigenvalue weighted by Gasteiger charge is -2.16. The maximum absolute atomic E-state index is 11.4. The Kier molecular flexibility index (Phi) is 2.85. The van der Waals surface area contributed by atoms with Crippen molar-refractivity contribution in [2.24, 2.45) is 7.05 Å². The summed E-state index contributed by atoms with van der Waals surface area (Å²) in [4.78, 5) is 11.4. The molecule has 6 nitrogen and oxygen atoms in total. The van der Waals surface area contributed by atoms with E-state index in [0.717, 1.165) is 0 Å². The minimum atomic E-state index is -0.919. The van der Waals surface area contributed by atoms with E-state index in [1.807, 2.05) is 0 Å². The Morgan fingerprint density at radius 2 is 2.36 bits per heavy atom. The Bertz CT molecular complexity index is 326. The lowest BCUT2D eigenvalue weighted by molar-refractivity contribution is 0.0692. The van der Waals surface area contributed by atoms with Crippen LogP contribution >= 0.6 is 0 Å². The van der Waals surface area contributed by atoms with E-state index in [1.54, 1.807) is 20.9 Å². The van der Waals surface area contributed by atoms with Gasteiger partial charge in [0.15, 0.2) is 5.69 Å². The largest absolute Gasteiger partial charge is 0.389 e. The second kappa shape index (κ2) is 3.75. The van der Waals surface area contributed by atoms with Gasteiger partial charge in [-0.15, -0.1) is 5.10 Å². The molecule has 0 unspecified atom stereocenters. The molecule has 0 saturated carbocycles. The van der Waals surface area contributed by atoms with Crippen LogP contribution in [-0.2, 0) is 7.05 Å². The Hall–Kier alpha value is -1.43. The first kappa shape index (κ1) is 10.6. The normalized spacial score (nSPS) is 11.4. The average Bonchev–Trinajstić information content (AvgIpc) is 2.46. The molecule has 6 heteroatoms. The summed E-state index contributed by atoms with van der Waals surface area (Å²) in [5.74, 6) is -0.333. The second-order valence-electron chi connectivity index (χ2n) is 3.77. The molecule has 1 rings (SSSR count). The highest BCUT2D eigenvalue weighted by Gasteiger charge is 2.16. The summed E-state index contributed by atoms with van der Waals surface area (Å²) in [6, 6.07) is 0. The van der Waals surface area contributed by atoms with E-state index in [4.69, 9.17) is 0 Å². The number of carbonyl (C=O) groups is 1. The molecule has 0 aliphatic carbocycles. The summed E-state index contributed by atoms with van der Waals surface area (Å²) in [7, 11) is 1.68. The molecule has 0 atom stereocenters. The third kappa shape index (κ3) is 3.14. The number of amides is 1. The Morgan fingerprint density at radius 3 is 2.79 bits per heavy atom. The van der Waals surface area contributed by atoms with Gasteiger partial charge in [-0.2, -0.15) is 0 Å². The van der Waals surface area contributed by atoms with Crippen molar-refractivity contribution in [2.75, 3.05) is 6.54 Å². The van der Waals surface area contributed by atoms with Gasteiger partial charge in [0.05, 0.1) is 11.8 Å². The molecule has 0 aliphatic rings. The van der Waals surface area contributed by atoms with E-state index in [0.29, 0.717) is 0 Å². The quantitative estimate of drug-likeness (QED) is 0.674. The molecular weight excluding hydrogens is 184 g/mol. The molecule has 0 aliphatic heterocycles. The van der Waals surface area contributed by atoms with Crippen molar-refractivity contribution >= 4 is 5.91 Å². The molecule has 14 heavy (non-hydrogen) atoms. The molecule has 0 bridgehead atoms. The highest BCUT2D eigenvalue weighted by molar-refractivity contribution is 5.91. The van der Waals surface area contributed by atoms with E-state index in [2.05, 4.69) is 15.6 Å². The third-order valence-corrected chi connectivity index (χ3v) is 1.52. The number of aryl methyl sites for hydroxylation is 1. The number of rotatable bonds is 3. The fourth-order valence-corrected chi connectivity index (χ4v) is 0.839. The van der Waals surface area contributed by atoms with Crippen LogP contribution in [0, 0.1) is 0 Å². The van der Waals surface area contributed by atoms with Gasteiger partial charge in [-0.05, 0) is 13.8 Å². The molecule has 0 fully saturated rings. The summed E-state index contributed by atoms with van der Waals surface area (Å²) in [6.07, 6.45) is 1.51. The van der Waals surface area contributed by atoms with Gasteiger partial charge < -0.3 is 10.4 Å². The monoisotopic (exact) mass is 198 g/mol. The lowest BCUT2D eigenvalue weighted by Crippen LogP contribution is -2.38. The van der Waals surface area contributed by atoms with Crippen molar-refractivity contribution in [2.45, 2.75) is 19.4 Å². The van der Waals surface area contributed by atoms with Crippen LogP contribution in [0.15, 0.2) is 6.20 Å². The first-order valence-corrected chi connectivity index (χ1v) is 4.25. The highest BCUT2D eigenvalue weighted by atomic mass is 16.3. The first-order valence-electron chi connectivity index (χ1n) is 4.25. The van der Waals surface area contributed by atoms with Crippen LogP contribution in [0.2, 0.25) is 0 Å². The second-order valence-corrected chi connectivity index (χ2v) is 3.77. The summed E-state index contributed by atoms with van der Waals surface area (Å²) in [6.45, 7) is 3.41. The first-order chi connectivity index (χ1) is 6.38. The van der Waals surface area contributed by atoms with E-state index >= 15 is 0 Å². The molecule has 1 amide bonds. The molecule has 0 radical (unpaired) electrons. The van der Waals surface area contributed by atoms with Crippen molar-refractivity contribution in [1.29, 1.82) is 0 Å². The van der Waals surface area contributed by atoms with Gasteiger partial charge in [0.2, 0.25) is 0 Å². The minimum absolute atomic E-state index is 0.183. The van der Waals surface area contributed by atoms with Gasteiger partial charge in [-0.25, -0.2) is 0 Å². The fraction of sp³-hybridized carbons (Fsp3) is 0.625. The summed E-state index contributed by atoms with van der Waals surface area (Å²) >= 11 is 0. The molecule has 0 spiro atoms. The number of aromatic nitrogens is 3. The van der Waals surface area contributed by atoms with E-state index in [-0.39, 0.29) is 18.1 Å². The zero-order chi connectivity index (χ0) is 10.8. The van der Waals surface area contributed by atoms with E-state index in [1.165, 1.54) is 10.9 Å². The molecule has 2 N–H and O–H groups in total. The zero-order valence-electron chi connectivity index (χ0n) is 8.48. The number of hydrogen-bond acceptors (Lipinski definition) is 4. The van der Waals surface area contributed by atoms with Crippen molar-refractivity contribution in [3.8, 4) is 0 Å². The van der Waals surface area contributed by atoms with Gasteiger partial charge in [0, 0.05) is 13.6 Å². The predicted octanol–water partition coefficient (Wildman–Crippen LogP) is -0.684. The zero-order valence-corrected chi connectivity index (χ0v) is 8.48. The molecule has 0 aromatic carbocycles. The van der Waals surface area contributed by atoms with Crippen molar-refractivity contribution in [3.05, 3.63) is 11.9 Å². The van der Waals surface area contributed by atoms with Crippen LogP contribution in [-0.4, -0.2) is 38.2 Å². The fourth-order valence-electron chi connectivity index (χ4n) is 0.839. The Morgan fingerprint density at radius 1 is 1.71 bits per heavy atom. The van der Waals surface area contributed by atoms with E-state index < -0.39 is 5.60 Å². The molecule has 1 aromatic rings. The number of nitrogens with zero attached hydrogens (tertiary/aromatic N) is 3. The number of carbonyl (C=O) groups excluding carboxylic acids is 1. The molecule has 1 aromatic heterocycles. The molecular formula is C8H14N4O2. The van der Waals surface area contributed by atoms with Crippen LogP contribution in [0.4, 0.5) is 0 Å². The highest BCUT2D eigenvalue weighted by Crippen LogP contribution is 1.98. The standard InChI is InChI=1S/C8H14N4O2/c1-8(2,14)5-9-7(13)6-4-12(3)11-10-6/h4,14H,5H2,1-3H3,(H,9,13). The van der Waals surface area contributed by atoms with Gasteiger partial charge in [-0.3, -0.25) is 9.48 Å². The number of hydrogen-bond donors (Lipinski definition) is 2. The van der Waals surface area contributed by atoms with Crippen molar-refractivity contribution < 1.29 is 9.90 Å². The van der Waals surface area contributed by atoms with Crippen LogP contribution in [0.5, 0.6) is 0 Å². The Balaban J connectivity index is 2.52. The van der Waals surface area contributed by atoms with Crippen molar-refractivity contribution in [1.82, 2.24) is 20.3 Å². The van der Waals surface area contributed by atoms with E-state index in [9.17, 15) is 9.90 Å². The topological polar surface area (TPSA) is 80.0 Å². The molecule has 0 saturated heterocycles. The van der Waals surface area contributed by atoms with Crippen molar-refractivity contribution in [3.63, 3.8) is 0 Å². The number of nitrogens with one attached hydrogen (secondary N) is 1. The van der Waals surface area contributed by atoms with Crippen LogP contribution < -0.4 is 5.32 Å². The maximum atomic E-state index is 11.4. The smallest absolute Gasteiger partial charge is 0.273 e. The predicted molar refractivity (Wildman–Crippen MR) is 49.6 cm³/mol. The van der Waals surface area contributed by atoms with Crippen LogP contribution in [0.25, 0.3) is 0 Å². The summed E-state index contributed by atoms with van der Waals surface area (Å²) in [5, 5.41) is 19.2. The maximum Gasteiger partial charge on any atom is 0.273 e. The molecule has 1 heterocycles. The van der Waals surface area contributed by atoms with Gasteiger partial charge >= 0.3 is 0 Å². The minimum Gasteiger partial charge on any atom is -0.389 e. The van der Waals surface area contributed by atoms with Gasteiger partial charge in [-0.1, -0.05) is 5.21 Å².